The minimum Gasteiger partial charge on any atom is -0.372 e. The summed E-state index contributed by atoms with van der Waals surface area (Å²) < 4.78 is 0. The summed E-state index contributed by atoms with van der Waals surface area (Å²) in [4.78, 5) is 30.3. The van der Waals surface area contributed by atoms with Gasteiger partial charge in [-0.25, -0.2) is 0 Å². The van der Waals surface area contributed by atoms with Crippen molar-refractivity contribution in [2.45, 2.75) is 45.6 Å². The van der Waals surface area contributed by atoms with Gasteiger partial charge in [0.05, 0.1) is 0 Å². The lowest BCUT2D eigenvalue weighted by Gasteiger charge is -2.28. The highest BCUT2D eigenvalue weighted by Gasteiger charge is 2.20. The molecule has 0 radical (unpaired) electrons. The number of piperidine rings is 1. The van der Waals surface area contributed by atoms with Gasteiger partial charge in [0.1, 0.15) is 6.04 Å². The summed E-state index contributed by atoms with van der Waals surface area (Å²) in [5.74, 6) is -0.513. The third kappa shape index (κ3) is 4.31. The van der Waals surface area contributed by atoms with E-state index >= 15 is 0 Å². The molecule has 1 unspecified atom stereocenters. The second-order valence-corrected chi connectivity index (χ2v) is 5.63. The zero-order chi connectivity index (χ0) is 15.9. The van der Waals surface area contributed by atoms with Crippen molar-refractivity contribution >= 4 is 17.4 Å². The van der Waals surface area contributed by atoms with Crippen molar-refractivity contribution in [2.24, 2.45) is 0 Å². The van der Waals surface area contributed by atoms with Gasteiger partial charge >= 0.3 is 5.97 Å². The number of nitrogens with zero attached hydrogens (tertiary/aromatic N) is 1. The zero-order valence-corrected chi connectivity index (χ0v) is 13.3. The largest absolute Gasteiger partial charge is 0.372 e. The second kappa shape index (κ2) is 7.94. The molecule has 1 aliphatic heterocycles. The number of hydroxylamine groups is 1. The molecule has 0 bridgehead atoms. The van der Waals surface area contributed by atoms with Crippen LogP contribution in [0.15, 0.2) is 24.3 Å². The minimum absolute atomic E-state index is 0.0612. The molecular weight excluding hydrogens is 280 g/mol. The van der Waals surface area contributed by atoms with Crippen LogP contribution in [0.5, 0.6) is 0 Å². The van der Waals surface area contributed by atoms with Crippen LogP contribution in [0.25, 0.3) is 0 Å². The summed E-state index contributed by atoms with van der Waals surface area (Å²) >= 11 is 0. The summed E-state index contributed by atoms with van der Waals surface area (Å²) in [5, 5.41) is 0. The average Bonchev–Trinajstić information content (AvgIpc) is 2.56. The Morgan fingerprint density at radius 3 is 2.36 bits per heavy atom. The highest BCUT2D eigenvalue weighted by molar-refractivity contribution is 6.00. The molecule has 1 atom stereocenters. The zero-order valence-electron chi connectivity index (χ0n) is 13.3. The molecule has 120 valence electrons. The maximum atomic E-state index is 12.4. The quantitative estimate of drug-likeness (QED) is 0.647. The van der Waals surface area contributed by atoms with Crippen LogP contribution in [0.4, 0.5) is 5.69 Å². The highest BCUT2D eigenvalue weighted by atomic mass is 16.7. The molecule has 0 aromatic heterocycles. The number of Topliss-reactive ketones (excluding diaryl/α,β-unsaturated/α-hetero) is 1. The highest BCUT2D eigenvalue weighted by Crippen LogP contribution is 2.20. The van der Waals surface area contributed by atoms with Crippen LogP contribution in [0.3, 0.4) is 0 Å². The number of hydrogen-bond acceptors (Lipinski definition) is 5. The normalized spacial score (nSPS) is 16.2. The van der Waals surface area contributed by atoms with E-state index in [1.165, 1.54) is 26.2 Å². The Morgan fingerprint density at radius 2 is 1.82 bits per heavy atom. The molecule has 5 heteroatoms. The van der Waals surface area contributed by atoms with Gasteiger partial charge in [0.2, 0.25) is 0 Å². The van der Waals surface area contributed by atoms with Gasteiger partial charge in [-0.3, -0.25) is 9.59 Å². The Labute approximate surface area is 131 Å². The Morgan fingerprint density at radius 1 is 1.18 bits per heavy atom. The van der Waals surface area contributed by atoms with Gasteiger partial charge in [-0.15, -0.1) is 5.48 Å². The number of benzene rings is 1. The Kier molecular flexibility index (Phi) is 5.95. The van der Waals surface area contributed by atoms with Crippen molar-refractivity contribution in [3.63, 3.8) is 0 Å². The number of hydrogen-bond donors (Lipinski definition) is 1. The summed E-state index contributed by atoms with van der Waals surface area (Å²) in [6.45, 7) is 5.34. The fraction of sp³-hybridized carbons (Fsp3) is 0.529. The summed E-state index contributed by atoms with van der Waals surface area (Å²) in [7, 11) is 0. The number of carbonyl (C=O) groups excluding carboxylic acids is 2. The van der Waals surface area contributed by atoms with Gasteiger partial charge in [-0.1, -0.05) is 6.92 Å². The van der Waals surface area contributed by atoms with Crippen LogP contribution < -0.4 is 10.4 Å². The molecule has 1 aromatic rings. The monoisotopic (exact) mass is 304 g/mol. The maximum absolute atomic E-state index is 12.4. The SMILES string of the molecule is CCC(NOC(C)=O)C(=O)c1ccc(N2CCCCC2)cc1. The standard InChI is InChI=1S/C17H24N2O3/c1-3-16(18-22-13(2)20)17(21)14-7-9-15(10-8-14)19-11-5-4-6-12-19/h7-10,16,18H,3-6,11-12H2,1-2H3. The summed E-state index contributed by atoms with van der Waals surface area (Å²) in [5.41, 5.74) is 4.33. The first-order chi connectivity index (χ1) is 10.6. The van der Waals surface area contributed by atoms with E-state index in [9.17, 15) is 9.59 Å². The fourth-order valence-corrected chi connectivity index (χ4v) is 2.67. The van der Waals surface area contributed by atoms with E-state index in [4.69, 9.17) is 4.84 Å². The van der Waals surface area contributed by atoms with E-state index in [1.807, 2.05) is 31.2 Å². The van der Waals surface area contributed by atoms with Crippen LogP contribution in [0, 0.1) is 0 Å². The molecule has 5 nitrogen and oxygen atoms in total. The Bertz CT molecular complexity index is 507. The number of carbonyl (C=O) groups is 2. The van der Waals surface area contributed by atoms with Crippen molar-refractivity contribution < 1.29 is 14.4 Å². The molecule has 22 heavy (non-hydrogen) atoms. The van der Waals surface area contributed by atoms with Crippen molar-refractivity contribution in [3.05, 3.63) is 29.8 Å². The van der Waals surface area contributed by atoms with Gasteiger partial charge in [0.15, 0.2) is 5.78 Å². The third-order valence-corrected chi connectivity index (χ3v) is 3.94. The number of rotatable bonds is 6. The molecule has 2 rings (SSSR count). The number of nitrogens with one attached hydrogen (secondary N) is 1. The van der Waals surface area contributed by atoms with E-state index in [1.54, 1.807) is 0 Å². The van der Waals surface area contributed by atoms with Gasteiger partial charge in [0, 0.05) is 31.3 Å². The van der Waals surface area contributed by atoms with Crippen LogP contribution in [0.2, 0.25) is 0 Å². The van der Waals surface area contributed by atoms with Gasteiger partial charge < -0.3 is 9.74 Å². The predicted molar refractivity (Wildman–Crippen MR) is 85.8 cm³/mol. The third-order valence-electron chi connectivity index (χ3n) is 3.94. The maximum Gasteiger partial charge on any atom is 0.321 e. The topological polar surface area (TPSA) is 58.6 Å². The molecule has 1 heterocycles. The lowest BCUT2D eigenvalue weighted by atomic mass is 10.0. The average molecular weight is 304 g/mol. The van der Waals surface area contributed by atoms with Crippen molar-refractivity contribution in [1.82, 2.24) is 5.48 Å². The molecule has 0 aliphatic carbocycles. The van der Waals surface area contributed by atoms with Crippen LogP contribution >= 0.6 is 0 Å². The molecular formula is C17H24N2O3. The van der Waals surface area contributed by atoms with Crippen molar-refractivity contribution in [2.75, 3.05) is 18.0 Å². The molecule has 1 aromatic carbocycles. The molecule has 1 N–H and O–H groups in total. The fourth-order valence-electron chi connectivity index (χ4n) is 2.67. The van der Waals surface area contributed by atoms with Crippen LogP contribution in [0.1, 0.15) is 49.9 Å². The molecule has 0 amide bonds. The van der Waals surface area contributed by atoms with Crippen LogP contribution in [-0.2, 0) is 9.63 Å². The first kappa shape index (κ1) is 16.5. The molecule has 0 spiro atoms. The Hall–Kier alpha value is -1.88. The predicted octanol–water partition coefficient (Wildman–Crippen LogP) is 2.71. The molecule has 1 aliphatic rings. The first-order valence-electron chi connectivity index (χ1n) is 7.94. The van der Waals surface area contributed by atoms with E-state index in [-0.39, 0.29) is 5.78 Å². The van der Waals surface area contributed by atoms with Gasteiger partial charge in [-0.2, -0.15) is 0 Å². The summed E-state index contributed by atoms with van der Waals surface area (Å²) in [6.07, 6.45) is 4.31. The van der Waals surface area contributed by atoms with E-state index in [0.717, 1.165) is 18.8 Å². The lowest BCUT2D eigenvalue weighted by molar-refractivity contribution is -0.149. The van der Waals surface area contributed by atoms with E-state index < -0.39 is 12.0 Å². The molecule has 0 saturated carbocycles. The smallest absolute Gasteiger partial charge is 0.321 e. The van der Waals surface area contributed by atoms with Crippen molar-refractivity contribution in [1.29, 1.82) is 0 Å². The lowest BCUT2D eigenvalue weighted by Crippen LogP contribution is -2.37. The molecule has 1 saturated heterocycles. The van der Waals surface area contributed by atoms with E-state index in [0.29, 0.717) is 12.0 Å². The number of ketones is 1. The minimum atomic E-state index is -0.510. The van der Waals surface area contributed by atoms with Gasteiger partial charge in [-0.05, 0) is 49.9 Å². The number of anilines is 1. The second-order valence-electron chi connectivity index (χ2n) is 5.63. The van der Waals surface area contributed by atoms with Gasteiger partial charge in [0.25, 0.3) is 0 Å². The summed E-state index contributed by atoms with van der Waals surface area (Å²) in [6, 6.07) is 7.19. The Balaban J connectivity index is 2.01. The van der Waals surface area contributed by atoms with Crippen molar-refractivity contribution in [3.8, 4) is 0 Å². The van der Waals surface area contributed by atoms with E-state index in [2.05, 4.69) is 10.4 Å². The first-order valence-corrected chi connectivity index (χ1v) is 7.94. The molecule has 1 fully saturated rings. The van der Waals surface area contributed by atoms with Crippen LogP contribution in [-0.4, -0.2) is 30.9 Å².